The second kappa shape index (κ2) is 4.57. The van der Waals surface area contributed by atoms with E-state index in [-0.39, 0.29) is 10.5 Å². The Morgan fingerprint density at radius 2 is 1.05 bits per heavy atom. The average molecular weight is 325 g/mol. The summed E-state index contributed by atoms with van der Waals surface area (Å²) in [5.74, 6) is 0. The number of hydrogen-bond donors (Lipinski definition) is 0. The highest BCUT2D eigenvalue weighted by atomic mass is 32.2. The molecule has 0 fully saturated rings. The van der Waals surface area contributed by atoms with Crippen molar-refractivity contribution in [2.75, 3.05) is 18.8 Å². The highest BCUT2D eigenvalue weighted by Gasteiger charge is 2.23. The molecule has 0 aliphatic heterocycles. The molecule has 0 bridgehead atoms. The Labute approximate surface area is 113 Å². The van der Waals surface area contributed by atoms with Crippen LogP contribution in [0.3, 0.4) is 0 Å². The van der Waals surface area contributed by atoms with Crippen LogP contribution in [0.5, 0.6) is 0 Å². The van der Waals surface area contributed by atoms with Gasteiger partial charge in [-0.15, -0.1) is 0 Å². The molecular formula is C10H13O6S3. The van der Waals surface area contributed by atoms with Gasteiger partial charge in [0.15, 0.2) is 29.5 Å². The minimum atomic E-state index is -3.79. The Bertz CT molecular complexity index is 776. The van der Waals surface area contributed by atoms with Crippen molar-refractivity contribution in [1.29, 1.82) is 0 Å². The average Bonchev–Trinajstić information content (AvgIpc) is 2.11. The third-order valence-corrected chi connectivity index (χ3v) is 5.79. The van der Waals surface area contributed by atoms with Crippen LogP contribution in [0.15, 0.2) is 26.8 Å². The quantitative estimate of drug-likeness (QED) is 0.780. The van der Waals surface area contributed by atoms with Crippen molar-refractivity contribution in [3.05, 3.63) is 24.6 Å². The first kappa shape index (κ1) is 16.1. The first-order valence-electron chi connectivity index (χ1n) is 4.85. The molecule has 0 heterocycles. The maximum absolute atomic E-state index is 11.6. The Morgan fingerprint density at radius 3 is 1.26 bits per heavy atom. The molecule has 1 radical (unpaired) electrons. The van der Waals surface area contributed by atoms with E-state index >= 15 is 0 Å². The number of benzene rings is 1. The summed E-state index contributed by atoms with van der Waals surface area (Å²) >= 11 is 0. The fraction of sp³-hybridized carbons (Fsp3) is 0.300. The third-order valence-electron chi connectivity index (χ3n) is 2.37. The monoisotopic (exact) mass is 325 g/mol. The van der Waals surface area contributed by atoms with E-state index < -0.39 is 39.3 Å². The SMILES string of the molecule is [CH2]c1c(S(C)(=O)=O)cc(S(C)(=O)=O)cc1S(C)(=O)=O. The van der Waals surface area contributed by atoms with E-state index in [4.69, 9.17) is 0 Å². The normalized spacial score (nSPS) is 13.5. The summed E-state index contributed by atoms with van der Waals surface area (Å²) in [6, 6.07) is 1.84. The zero-order valence-corrected chi connectivity index (χ0v) is 13.0. The Hall–Kier alpha value is -0.930. The first-order valence-corrected chi connectivity index (χ1v) is 10.5. The van der Waals surface area contributed by atoms with Crippen molar-refractivity contribution >= 4 is 29.5 Å². The number of sulfone groups is 3. The summed E-state index contributed by atoms with van der Waals surface area (Å²) in [6.45, 7) is 3.42. The molecule has 9 heteroatoms. The molecule has 0 saturated carbocycles. The van der Waals surface area contributed by atoms with E-state index in [0.29, 0.717) is 0 Å². The van der Waals surface area contributed by atoms with Gasteiger partial charge in [-0.05, 0) is 24.6 Å². The van der Waals surface area contributed by atoms with Crippen molar-refractivity contribution in [1.82, 2.24) is 0 Å². The summed E-state index contributed by atoms with van der Waals surface area (Å²) in [6.07, 6.45) is 2.58. The largest absolute Gasteiger partial charge is 0.224 e. The molecule has 0 unspecified atom stereocenters. The van der Waals surface area contributed by atoms with Crippen molar-refractivity contribution in [2.24, 2.45) is 0 Å². The smallest absolute Gasteiger partial charge is 0.175 e. The molecule has 0 aromatic heterocycles. The Balaban J connectivity index is 4.00. The lowest BCUT2D eigenvalue weighted by atomic mass is 10.2. The lowest BCUT2D eigenvalue weighted by molar-refractivity contribution is 0.597. The van der Waals surface area contributed by atoms with Crippen LogP contribution in [0.25, 0.3) is 0 Å². The van der Waals surface area contributed by atoms with Crippen LogP contribution in [0.2, 0.25) is 0 Å². The summed E-state index contributed by atoms with van der Waals surface area (Å²) < 4.78 is 69.3. The molecule has 0 aliphatic rings. The van der Waals surface area contributed by atoms with Crippen LogP contribution in [0, 0.1) is 6.92 Å². The molecule has 107 valence electrons. The van der Waals surface area contributed by atoms with Gasteiger partial charge in [0.1, 0.15) is 0 Å². The number of hydrogen-bond acceptors (Lipinski definition) is 6. The molecule has 6 nitrogen and oxygen atoms in total. The highest BCUT2D eigenvalue weighted by molar-refractivity contribution is 7.92. The molecule has 1 aromatic carbocycles. The van der Waals surface area contributed by atoms with E-state index in [0.717, 1.165) is 30.9 Å². The zero-order chi connectivity index (χ0) is 15.2. The van der Waals surface area contributed by atoms with Gasteiger partial charge in [-0.1, -0.05) is 0 Å². The molecular weight excluding hydrogens is 312 g/mol. The van der Waals surface area contributed by atoms with E-state index in [1.165, 1.54) is 0 Å². The van der Waals surface area contributed by atoms with Crippen molar-refractivity contribution in [3.8, 4) is 0 Å². The summed E-state index contributed by atoms with van der Waals surface area (Å²) in [5, 5.41) is 0. The molecule has 0 spiro atoms. The van der Waals surface area contributed by atoms with Gasteiger partial charge in [-0.3, -0.25) is 0 Å². The van der Waals surface area contributed by atoms with Crippen LogP contribution in [-0.4, -0.2) is 44.0 Å². The van der Waals surface area contributed by atoms with Gasteiger partial charge in [0.05, 0.1) is 14.7 Å². The van der Waals surface area contributed by atoms with Gasteiger partial charge in [-0.2, -0.15) is 0 Å². The lowest BCUT2D eigenvalue weighted by Gasteiger charge is -2.11. The first-order chi connectivity index (χ1) is 8.24. The minimum Gasteiger partial charge on any atom is -0.224 e. The standard InChI is InChI=1S/C10H13O6S3/c1-7-9(18(3,13)14)5-8(17(2,11)12)6-10(7)19(4,15)16/h5-6H,1H2,2-4H3. The summed E-state index contributed by atoms with van der Waals surface area (Å²) in [7, 11) is -11.3. The molecule has 19 heavy (non-hydrogen) atoms. The van der Waals surface area contributed by atoms with Gasteiger partial charge in [0, 0.05) is 18.8 Å². The van der Waals surface area contributed by atoms with Gasteiger partial charge in [0.25, 0.3) is 0 Å². The molecule has 0 amide bonds. The van der Waals surface area contributed by atoms with Crippen LogP contribution in [0.1, 0.15) is 5.56 Å². The van der Waals surface area contributed by atoms with Crippen molar-refractivity contribution in [3.63, 3.8) is 0 Å². The molecule has 1 aromatic rings. The van der Waals surface area contributed by atoms with Crippen LogP contribution in [-0.2, 0) is 29.5 Å². The van der Waals surface area contributed by atoms with Gasteiger partial charge in [-0.25, -0.2) is 25.3 Å². The Kier molecular flexibility index (Phi) is 3.88. The van der Waals surface area contributed by atoms with Gasteiger partial charge >= 0.3 is 0 Å². The van der Waals surface area contributed by atoms with Crippen LogP contribution in [0.4, 0.5) is 0 Å². The molecule has 0 saturated heterocycles. The number of rotatable bonds is 3. The maximum Gasteiger partial charge on any atom is 0.175 e. The van der Waals surface area contributed by atoms with Gasteiger partial charge in [0.2, 0.25) is 0 Å². The van der Waals surface area contributed by atoms with Crippen LogP contribution >= 0.6 is 0 Å². The molecule has 0 aliphatic carbocycles. The second-order valence-electron chi connectivity index (χ2n) is 4.21. The van der Waals surface area contributed by atoms with E-state index in [9.17, 15) is 25.3 Å². The van der Waals surface area contributed by atoms with Crippen molar-refractivity contribution < 1.29 is 25.3 Å². The minimum absolute atomic E-state index is 0.225. The third kappa shape index (κ3) is 3.54. The lowest BCUT2D eigenvalue weighted by Crippen LogP contribution is -2.10. The fourth-order valence-corrected chi connectivity index (χ4v) is 4.15. The van der Waals surface area contributed by atoms with E-state index in [2.05, 4.69) is 6.92 Å². The molecule has 0 atom stereocenters. The highest BCUT2D eigenvalue weighted by Crippen LogP contribution is 2.27. The van der Waals surface area contributed by atoms with Crippen LogP contribution < -0.4 is 0 Å². The summed E-state index contributed by atoms with van der Waals surface area (Å²) in [4.78, 5) is -1.19. The topological polar surface area (TPSA) is 102 Å². The van der Waals surface area contributed by atoms with E-state index in [1.807, 2.05) is 0 Å². The second-order valence-corrected chi connectivity index (χ2v) is 10.2. The molecule has 1 rings (SSSR count). The van der Waals surface area contributed by atoms with Crippen molar-refractivity contribution in [2.45, 2.75) is 14.7 Å². The zero-order valence-electron chi connectivity index (χ0n) is 10.5. The van der Waals surface area contributed by atoms with Gasteiger partial charge < -0.3 is 0 Å². The fourth-order valence-electron chi connectivity index (χ4n) is 1.47. The molecule has 0 N–H and O–H groups in total. The Morgan fingerprint density at radius 1 is 0.737 bits per heavy atom. The predicted octanol–water partition coefficient (Wildman–Crippen LogP) is 0.0793. The summed E-state index contributed by atoms with van der Waals surface area (Å²) in [5.41, 5.74) is -0.225. The van der Waals surface area contributed by atoms with E-state index in [1.54, 1.807) is 0 Å². The predicted molar refractivity (Wildman–Crippen MR) is 70.2 cm³/mol. The maximum atomic E-state index is 11.6.